The number of hydrogen-bond acceptors (Lipinski definition) is 2. The third-order valence-corrected chi connectivity index (χ3v) is 7.65. The van der Waals surface area contributed by atoms with Crippen molar-refractivity contribution in [1.82, 2.24) is 0 Å². The molecular formula is C36H71NaO4Zn. The second-order valence-corrected chi connectivity index (χ2v) is 11.8. The molecule has 0 aromatic rings. The number of unbranched alkanes of at least 4 members (excludes halogenated alkanes) is 25. The van der Waals surface area contributed by atoms with Crippen LogP contribution in [0.15, 0.2) is 12.2 Å². The molecule has 0 aliphatic heterocycles. The van der Waals surface area contributed by atoms with E-state index in [1.165, 1.54) is 154 Å². The van der Waals surface area contributed by atoms with Gasteiger partial charge in [0.25, 0.3) is 0 Å². The summed E-state index contributed by atoms with van der Waals surface area (Å²) >= 11 is 0. The summed E-state index contributed by atoms with van der Waals surface area (Å²) in [5.74, 6) is -1.32. The molecule has 0 radical (unpaired) electrons. The summed E-state index contributed by atoms with van der Waals surface area (Å²) in [6.45, 7) is 4.53. The zero-order chi connectivity index (χ0) is 29.8. The van der Waals surface area contributed by atoms with Crippen LogP contribution in [0, 0.1) is 0 Å². The molecule has 0 atom stereocenters. The van der Waals surface area contributed by atoms with Crippen LogP contribution in [0.1, 0.15) is 206 Å². The second-order valence-electron chi connectivity index (χ2n) is 11.8. The van der Waals surface area contributed by atoms with E-state index in [1.54, 1.807) is 0 Å². The molecule has 42 heavy (non-hydrogen) atoms. The standard InChI is InChI=1S/C18H36O2.C18H34O2.Na.Zn.H/c2*1-2-3-4-5-6-7-8-9-10-11-12-13-14-15-16-17-18(19)20;;;/h2-17H2,1H3,(H,19,20);9-10H,2-8,11-17H2,1H3,(H,19,20);;;. The van der Waals surface area contributed by atoms with Crippen LogP contribution in [-0.2, 0) is 29.1 Å². The van der Waals surface area contributed by atoms with E-state index >= 15 is 0 Å². The Bertz CT molecular complexity index is 542. The molecule has 0 unspecified atom stereocenters. The van der Waals surface area contributed by atoms with Gasteiger partial charge in [-0.3, -0.25) is 9.59 Å². The molecule has 0 amide bonds. The minimum atomic E-state index is -0.664. The van der Waals surface area contributed by atoms with Gasteiger partial charge in [0.1, 0.15) is 0 Å². The van der Waals surface area contributed by atoms with Gasteiger partial charge in [-0.2, -0.15) is 0 Å². The molecule has 0 heterocycles. The van der Waals surface area contributed by atoms with E-state index in [9.17, 15) is 9.59 Å². The van der Waals surface area contributed by atoms with Crippen molar-refractivity contribution in [1.29, 1.82) is 0 Å². The van der Waals surface area contributed by atoms with Crippen LogP contribution in [0.25, 0.3) is 0 Å². The van der Waals surface area contributed by atoms with Crippen molar-refractivity contribution in [3.05, 3.63) is 12.2 Å². The van der Waals surface area contributed by atoms with Gasteiger partial charge in [0, 0.05) is 32.3 Å². The SMILES string of the molecule is CCCCCCCCC=CCCCCCCCC(=O)O.CCCCCCCCCCCCCCCCCC(=O)O.[NaH].[Zn]. The Kier molecular flexibility index (Phi) is 53.6. The first kappa shape index (κ1) is 49.2. The fraction of sp³-hybridized carbons (Fsp3) is 0.889. The third kappa shape index (κ3) is 52.9. The smallest absolute Gasteiger partial charge is 0 e. The summed E-state index contributed by atoms with van der Waals surface area (Å²) in [6.07, 6.45) is 41.4. The first-order valence-corrected chi connectivity index (χ1v) is 17.6. The number of aliphatic carboxylic acids is 2. The predicted octanol–water partition coefficient (Wildman–Crippen LogP) is 11.8. The minimum absolute atomic E-state index is 0. The number of hydrogen-bond donors (Lipinski definition) is 2. The molecular weight excluding hydrogens is 585 g/mol. The summed E-state index contributed by atoms with van der Waals surface area (Å²) < 4.78 is 0. The predicted molar refractivity (Wildman–Crippen MR) is 181 cm³/mol. The maximum atomic E-state index is 10.3. The molecule has 0 spiro atoms. The zero-order valence-corrected chi connectivity index (χ0v) is 30.8. The van der Waals surface area contributed by atoms with Gasteiger partial charge in [0.2, 0.25) is 0 Å². The van der Waals surface area contributed by atoms with Gasteiger partial charge in [-0.15, -0.1) is 0 Å². The Morgan fingerprint density at radius 3 is 0.857 bits per heavy atom. The molecule has 0 aromatic heterocycles. The van der Waals surface area contributed by atoms with Crippen LogP contribution >= 0.6 is 0 Å². The van der Waals surface area contributed by atoms with E-state index < -0.39 is 11.9 Å². The fourth-order valence-corrected chi connectivity index (χ4v) is 4.99. The van der Waals surface area contributed by atoms with Gasteiger partial charge in [-0.25, -0.2) is 0 Å². The summed E-state index contributed by atoms with van der Waals surface area (Å²) in [5, 5.41) is 17.0. The Hall–Kier alpha value is 0.303. The van der Waals surface area contributed by atoms with Crippen LogP contribution in [0.4, 0.5) is 0 Å². The molecule has 0 bridgehead atoms. The minimum Gasteiger partial charge on any atom is 0 e. The molecule has 6 heteroatoms. The van der Waals surface area contributed by atoms with Gasteiger partial charge in [0.15, 0.2) is 0 Å². The van der Waals surface area contributed by atoms with E-state index in [-0.39, 0.29) is 49.0 Å². The number of carboxylic acid groups (broad SMARTS) is 2. The molecule has 0 saturated carbocycles. The van der Waals surface area contributed by atoms with Crippen molar-refractivity contribution in [3.8, 4) is 0 Å². The van der Waals surface area contributed by atoms with Crippen LogP contribution in [-0.4, -0.2) is 51.7 Å². The molecule has 242 valence electrons. The second kappa shape index (κ2) is 45.7. The monoisotopic (exact) mass is 654 g/mol. The maximum absolute atomic E-state index is 10.3. The summed E-state index contributed by atoms with van der Waals surface area (Å²) in [4.78, 5) is 20.7. The van der Waals surface area contributed by atoms with E-state index in [1.807, 2.05) is 0 Å². The number of carbonyl (C=O) groups is 2. The van der Waals surface area contributed by atoms with Crippen molar-refractivity contribution >= 4 is 41.5 Å². The molecule has 0 aliphatic rings. The van der Waals surface area contributed by atoms with Crippen molar-refractivity contribution in [2.75, 3.05) is 0 Å². The van der Waals surface area contributed by atoms with Crippen LogP contribution < -0.4 is 0 Å². The van der Waals surface area contributed by atoms with Gasteiger partial charge >= 0.3 is 41.5 Å². The molecule has 2 N–H and O–H groups in total. The van der Waals surface area contributed by atoms with Gasteiger partial charge in [-0.1, -0.05) is 167 Å². The molecule has 4 nitrogen and oxygen atoms in total. The summed E-state index contributed by atoms with van der Waals surface area (Å²) in [5.41, 5.74) is 0. The van der Waals surface area contributed by atoms with Crippen LogP contribution in [0.3, 0.4) is 0 Å². The normalized spacial score (nSPS) is 10.5. The van der Waals surface area contributed by atoms with Crippen LogP contribution in [0.5, 0.6) is 0 Å². The van der Waals surface area contributed by atoms with Crippen molar-refractivity contribution < 1.29 is 39.3 Å². The Morgan fingerprint density at radius 2 is 0.619 bits per heavy atom. The fourth-order valence-electron chi connectivity index (χ4n) is 4.99. The van der Waals surface area contributed by atoms with Gasteiger partial charge in [0.05, 0.1) is 0 Å². The van der Waals surface area contributed by atoms with Crippen molar-refractivity contribution in [3.63, 3.8) is 0 Å². The Labute approximate surface area is 297 Å². The third-order valence-electron chi connectivity index (χ3n) is 7.65. The van der Waals surface area contributed by atoms with E-state index in [0.717, 1.165) is 25.7 Å². The van der Waals surface area contributed by atoms with E-state index in [2.05, 4.69) is 26.0 Å². The molecule has 0 aliphatic carbocycles. The van der Waals surface area contributed by atoms with Gasteiger partial charge in [-0.05, 0) is 38.5 Å². The molecule has 0 saturated heterocycles. The number of carboxylic acids is 2. The topological polar surface area (TPSA) is 74.6 Å². The first-order chi connectivity index (χ1) is 19.5. The van der Waals surface area contributed by atoms with Crippen molar-refractivity contribution in [2.24, 2.45) is 0 Å². The van der Waals surface area contributed by atoms with Crippen molar-refractivity contribution in [2.45, 2.75) is 206 Å². The number of allylic oxidation sites excluding steroid dienone is 2. The quantitative estimate of drug-likeness (QED) is 0.0442. The zero-order valence-electron chi connectivity index (χ0n) is 27.8. The van der Waals surface area contributed by atoms with Gasteiger partial charge < -0.3 is 10.2 Å². The van der Waals surface area contributed by atoms with E-state index in [4.69, 9.17) is 10.2 Å². The van der Waals surface area contributed by atoms with Crippen LogP contribution in [0.2, 0.25) is 0 Å². The summed E-state index contributed by atoms with van der Waals surface area (Å²) in [7, 11) is 0. The first-order valence-electron chi connectivity index (χ1n) is 17.6. The molecule has 0 fully saturated rings. The molecule has 0 rings (SSSR count). The molecule has 0 aromatic carbocycles. The summed E-state index contributed by atoms with van der Waals surface area (Å²) in [6, 6.07) is 0. The maximum Gasteiger partial charge on any atom is 0 e. The average molecular weight is 656 g/mol. The largest absolute Gasteiger partial charge is 0 e. The Balaban J connectivity index is -0.000000328. The van der Waals surface area contributed by atoms with E-state index in [0.29, 0.717) is 12.8 Å². The average Bonchev–Trinajstić information content (AvgIpc) is 2.93. The Morgan fingerprint density at radius 1 is 0.405 bits per heavy atom. The number of rotatable bonds is 31.